The van der Waals surface area contributed by atoms with Gasteiger partial charge in [0.25, 0.3) is 0 Å². The molecule has 0 fully saturated rings. The van der Waals surface area contributed by atoms with Gasteiger partial charge in [-0.05, 0) is 18.6 Å². The van der Waals surface area contributed by atoms with Gasteiger partial charge in [-0.3, -0.25) is 4.98 Å². The first-order chi connectivity index (χ1) is 5.42. The molecule has 0 amide bonds. The van der Waals surface area contributed by atoms with Gasteiger partial charge in [0.15, 0.2) is 0 Å². The van der Waals surface area contributed by atoms with Crippen molar-refractivity contribution in [2.24, 2.45) is 0 Å². The van der Waals surface area contributed by atoms with Crippen molar-refractivity contribution in [1.29, 1.82) is 0 Å². The summed E-state index contributed by atoms with van der Waals surface area (Å²) in [7, 11) is 0. The van der Waals surface area contributed by atoms with Gasteiger partial charge in [0.1, 0.15) is 5.58 Å². The van der Waals surface area contributed by atoms with Gasteiger partial charge in [0.2, 0.25) is 0 Å². The maximum atomic E-state index is 5.22. The first kappa shape index (κ1) is 6.40. The highest BCUT2D eigenvalue weighted by atomic mass is 16.3. The normalized spacial score (nSPS) is 10.6. The van der Waals surface area contributed by atoms with E-state index in [0.717, 1.165) is 23.1 Å². The summed E-state index contributed by atoms with van der Waals surface area (Å²) in [6, 6.07) is 3.84. The van der Waals surface area contributed by atoms with E-state index in [0.29, 0.717) is 0 Å². The van der Waals surface area contributed by atoms with Crippen LogP contribution in [0.5, 0.6) is 0 Å². The number of nitrogens with zero attached hydrogens (tertiary/aromatic N) is 1. The van der Waals surface area contributed by atoms with Gasteiger partial charge in [-0.25, -0.2) is 0 Å². The summed E-state index contributed by atoms with van der Waals surface area (Å²) in [4.78, 5) is 4.24. The first-order valence-electron chi connectivity index (χ1n) is 3.73. The van der Waals surface area contributed by atoms with Crippen molar-refractivity contribution in [3.8, 4) is 0 Å². The molecular weight excluding hydrogens is 138 g/mol. The molecule has 11 heavy (non-hydrogen) atoms. The Bertz CT molecular complexity index is 364. The molecule has 0 unspecified atom stereocenters. The zero-order chi connectivity index (χ0) is 7.68. The van der Waals surface area contributed by atoms with Crippen LogP contribution < -0.4 is 0 Å². The van der Waals surface area contributed by atoms with Gasteiger partial charge in [-0.1, -0.05) is 6.92 Å². The van der Waals surface area contributed by atoms with E-state index in [9.17, 15) is 0 Å². The van der Waals surface area contributed by atoms with Gasteiger partial charge in [0.05, 0.1) is 12.0 Å². The number of hydrogen-bond donors (Lipinski definition) is 0. The Hall–Kier alpha value is -1.31. The van der Waals surface area contributed by atoms with Gasteiger partial charge < -0.3 is 4.42 Å². The summed E-state index contributed by atoms with van der Waals surface area (Å²) in [5, 5.41) is 1.13. The summed E-state index contributed by atoms with van der Waals surface area (Å²) < 4.78 is 5.22. The highest BCUT2D eigenvalue weighted by molar-refractivity contribution is 5.79. The second-order valence-corrected chi connectivity index (χ2v) is 2.44. The molecule has 2 heterocycles. The zero-order valence-corrected chi connectivity index (χ0v) is 6.37. The van der Waals surface area contributed by atoms with Crippen LogP contribution in [0.15, 0.2) is 29.0 Å². The SMILES string of the molecule is CCc1nccc2occc12. The topological polar surface area (TPSA) is 26.0 Å². The number of rotatable bonds is 1. The molecule has 0 N–H and O–H groups in total. The van der Waals surface area contributed by atoms with E-state index in [2.05, 4.69) is 11.9 Å². The van der Waals surface area contributed by atoms with Crippen molar-refractivity contribution in [1.82, 2.24) is 4.98 Å². The standard InChI is InChI=1S/C9H9NO/c1-2-8-7-4-6-11-9(7)3-5-10-8/h3-6H,2H2,1H3. The molecule has 2 aromatic heterocycles. The molecule has 0 atom stereocenters. The Morgan fingerprint density at radius 3 is 3.18 bits per heavy atom. The maximum Gasteiger partial charge on any atom is 0.137 e. The lowest BCUT2D eigenvalue weighted by Gasteiger charge is -1.94. The number of aryl methyl sites for hydroxylation is 1. The van der Waals surface area contributed by atoms with Crippen LogP contribution in [-0.4, -0.2) is 4.98 Å². The lowest BCUT2D eigenvalue weighted by molar-refractivity contribution is 0.615. The summed E-state index contributed by atoms with van der Waals surface area (Å²) in [6.45, 7) is 2.09. The third-order valence-corrected chi connectivity index (χ3v) is 1.80. The molecule has 2 rings (SSSR count). The fourth-order valence-electron chi connectivity index (χ4n) is 1.23. The van der Waals surface area contributed by atoms with Gasteiger partial charge in [0, 0.05) is 11.6 Å². The number of furan rings is 1. The van der Waals surface area contributed by atoms with Crippen LogP contribution in [0.2, 0.25) is 0 Å². The number of hydrogen-bond acceptors (Lipinski definition) is 2. The molecule has 0 saturated heterocycles. The highest BCUT2D eigenvalue weighted by Gasteiger charge is 2.00. The Morgan fingerprint density at radius 2 is 2.36 bits per heavy atom. The van der Waals surface area contributed by atoms with E-state index in [4.69, 9.17) is 4.42 Å². The lowest BCUT2D eigenvalue weighted by atomic mass is 10.2. The molecule has 2 nitrogen and oxygen atoms in total. The minimum Gasteiger partial charge on any atom is -0.464 e. The highest BCUT2D eigenvalue weighted by Crippen LogP contribution is 2.17. The van der Waals surface area contributed by atoms with Crippen LogP contribution in [-0.2, 0) is 6.42 Å². The van der Waals surface area contributed by atoms with Gasteiger partial charge >= 0.3 is 0 Å². The fraction of sp³-hybridized carbons (Fsp3) is 0.222. The molecule has 0 aliphatic rings. The van der Waals surface area contributed by atoms with Crippen LogP contribution in [0.25, 0.3) is 11.0 Å². The van der Waals surface area contributed by atoms with Crippen molar-refractivity contribution in [2.45, 2.75) is 13.3 Å². The third kappa shape index (κ3) is 0.909. The molecule has 0 saturated carbocycles. The number of aromatic nitrogens is 1. The molecule has 56 valence electrons. The van der Waals surface area contributed by atoms with Crippen molar-refractivity contribution >= 4 is 11.0 Å². The van der Waals surface area contributed by atoms with Gasteiger partial charge in [-0.15, -0.1) is 0 Å². The number of pyridine rings is 1. The Kier molecular flexibility index (Phi) is 1.39. The molecular formula is C9H9NO. The first-order valence-corrected chi connectivity index (χ1v) is 3.73. The van der Waals surface area contributed by atoms with Crippen molar-refractivity contribution < 1.29 is 4.42 Å². The Labute approximate surface area is 64.9 Å². The minimum absolute atomic E-state index is 0.928. The summed E-state index contributed by atoms with van der Waals surface area (Å²) >= 11 is 0. The number of fused-ring (bicyclic) bond motifs is 1. The molecule has 2 aromatic rings. The monoisotopic (exact) mass is 147 g/mol. The van der Waals surface area contributed by atoms with E-state index in [1.165, 1.54) is 0 Å². The largest absolute Gasteiger partial charge is 0.464 e. The van der Waals surface area contributed by atoms with Crippen molar-refractivity contribution in [3.05, 3.63) is 30.3 Å². The molecule has 0 spiro atoms. The van der Waals surface area contributed by atoms with Crippen LogP contribution in [0.3, 0.4) is 0 Å². The average molecular weight is 147 g/mol. The summed E-state index contributed by atoms with van der Waals surface area (Å²) in [5.74, 6) is 0. The van der Waals surface area contributed by atoms with Crippen LogP contribution in [0, 0.1) is 0 Å². The van der Waals surface area contributed by atoms with E-state index < -0.39 is 0 Å². The second-order valence-electron chi connectivity index (χ2n) is 2.44. The Morgan fingerprint density at radius 1 is 1.45 bits per heavy atom. The second kappa shape index (κ2) is 2.38. The van der Waals surface area contributed by atoms with E-state index in [1.54, 1.807) is 12.5 Å². The van der Waals surface area contributed by atoms with Crippen molar-refractivity contribution in [3.63, 3.8) is 0 Å². The molecule has 0 bridgehead atoms. The predicted molar refractivity (Wildman–Crippen MR) is 43.4 cm³/mol. The third-order valence-electron chi connectivity index (χ3n) is 1.80. The zero-order valence-electron chi connectivity index (χ0n) is 6.37. The van der Waals surface area contributed by atoms with Crippen LogP contribution in [0.1, 0.15) is 12.6 Å². The van der Waals surface area contributed by atoms with E-state index >= 15 is 0 Å². The van der Waals surface area contributed by atoms with Crippen LogP contribution >= 0.6 is 0 Å². The van der Waals surface area contributed by atoms with E-state index in [-0.39, 0.29) is 0 Å². The quantitative estimate of drug-likeness (QED) is 0.619. The fourth-order valence-corrected chi connectivity index (χ4v) is 1.23. The predicted octanol–water partition coefficient (Wildman–Crippen LogP) is 2.39. The minimum atomic E-state index is 0.928. The van der Waals surface area contributed by atoms with Crippen LogP contribution in [0.4, 0.5) is 0 Å². The summed E-state index contributed by atoms with van der Waals surface area (Å²) in [6.07, 6.45) is 4.44. The lowest BCUT2D eigenvalue weighted by Crippen LogP contribution is -1.84. The van der Waals surface area contributed by atoms with E-state index in [1.807, 2.05) is 12.1 Å². The molecule has 0 aliphatic carbocycles. The van der Waals surface area contributed by atoms with Crippen molar-refractivity contribution in [2.75, 3.05) is 0 Å². The average Bonchev–Trinajstić information content (AvgIpc) is 2.50. The molecule has 0 aromatic carbocycles. The smallest absolute Gasteiger partial charge is 0.137 e. The molecule has 2 heteroatoms. The summed E-state index contributed by atoms with van der Waals surface area (Å²) in [5.41, 5.74) is 2.04. The van der Waals surface area contributed by atoms with Gasteiger partial charge in [-0.2, -0.15) is 0 Å². The Balaban J connectivity index is 2.79. The molecule has 0 aliphatic heterocycles. The maximum absolute atomic E-state index is 5.22. The molecule has 0 radical (unpaired) electrons.